The van der Waals surface area contributed by atoms with Crippen molar-refractivity contribution >= 4 is 28.7 Å². The summed E-state index contributed by atoms with van der Waals surface area (Å²) in [5.41, 5.74) is 4.90. The molecule has 0 spiro atoms. The summed E-state index contributed by atoms with van der Waals surface area (Å²) in [6, 6.07) is 12.0. The SMILES string of the molecule is CCN1Cc2c(c3ccc(OC)cc3n2Cc2ccc(C(=O)NO)cc2)C(=O)N(C)C1=O. The molecule has 9 nitrogen and oxygen atoms in total. The van der Waals surface area contributed by atoms with Crippen LogP contribution in [0.15, 0.2) is 42.5 Å². The highest BCUT2D eigenvalue weighted by atomic mass is 16.5. The summed E-state index contributed by atoms with van der Waals surface area (Å²) in [5, 5.41) is 9.57. The largest absolute Gasteiger partial charge is 0.497 e. The van der Waals surface area contributed by atoms with Crippen molar-refractivity contribution in [3.8, 4) is 5.75 Å². The predicted molar refractivity (Wildman–Crippen MR) is 117 cm³/mol. The van der Waals surface area contributed by atoms with Crippen molar-refractivity contribution in [3.63, 3.8) is 0 Å². The van der Waals surface area contributed by atoms with E-state index in [2.05, 4.69) is 0 Å². The molecule has 32 heavy (non-hydrogen) atoms. The topological polar surface area (TPSA) is 104 Å². The van der Waals surface area contributed by atoms with Crippen LogP contribution in [0.2, 0.25) is 0 Å². The van der Waals surface area contributed by atoms with Crippen molar-refractivity contribution in [1.82, 2.24) is 19.8 Å². The van der Waals surface area contributed by atoms with Crippen LogP contribution < -0.4 is 10.2 Å². The number of hydroxylamine groups is 1. The number of urea groups is 1. The fourth-order valence-corrected chi connectivity index (χ4v) is 4.06. The lowest BCUT2D eigenvalue weighted by Crippen LogP contribution is -2.41. The number of hydrogen-bond acceptors (Lipinski definition) is 5. The molecule has 1 aliphatic rings. The lowest BCUT2D eigenvalue weighted by atomic mass is 10.1. The molecular weight excluding hydrogens is 412 g/mol. The van der Waals surface area contributed by atoms with Crippen molar-refractivity contribution in [2.24, 2.45) is 0 Å². The first-order valence-corrected chi connectivity index (χ1v) is 10.2. The van der Waals surface area contributed by atoms with Gasteiger partial charge in [-0.3, -0.25) is 19.7 Å². The number of aromatic nitrogens is 1. The minimum atomic E-state index is -0.590. The van der Waals surface area contributed by atoms with Gasteiger partial charge in [-0.05, 0) is 36.8 Å². The monoisotopic (exact) mass is 436 g/mol. The fraction of sp³-hybridized carbons (Fsp3) is 0.261. The zero-order valence-electron chi connectivity index (χ0n) is 18.1. The lowest BCUT2D eigenvalue weighted by molar-refractivity contribution is 0.0706. The molecule has 0 bridgehead atoms. The Kier molecular flexibility index (Phi) is 5.58. The summed E-state index contributed by atoms with van der Waals surface area (Å²) < 4.78 is 7.42. The molecule has 0 saturated carbocycles. The van der Waals surface area contributed by atoms with Gasteiger partial charge < -0.3 is 14.2 Å². The van der Waals surface area contributed by atoms with Crippen molar-refractivity contribution in [2.75, 3.05) is 20.7 Å². The molecule has 1 aliphatic heterocycles. The second-order valence-electron chi connectivity index (χ2n) is 7.59. The van der Waals surface area contributed by atoms with Gasteiger partial charge in [0.15, 0.2) is 0 Å². The maximum atomic E-state index is 13.3. The van der Waals surface area contributed by atoms with Gasteiger partial charge in [0.25, 0.3) is 11.8 Å². The van der Waals surface area contributed by atoms with Gasteiger partial charge in [0, 0.05) is 37.2 Å². The van der Waals surface area contributed by atoms with E-state index in [1.165, 1.54) is 7.05 Å². The molecular formula is C23H24N4O5. The molecule has 166 valence electrons. The normalized spacial score (nSPS) is 13.9. The molecule has 3 aromatic rings. The van der Waals surface area contributed by atoms with E-state index < -0.39 is 5.91 Å². The molecule has 4 rings (SSSR count). The highest BCUT2D eigenvalue weighted by Crippen LogP contribution is 2.33. The van der Waals surface area contributed by atoms with Gasteiger partial charge in [0.05, 0.1) is 30.4 Å². The van der Waals surface area contributed by atoms with E-state index in [-0.39, 0.29) is 11.9 Å². The van der Waals surface area contributed by atoms with Gasteiger partial charge in [0.2, 0.25) is 0 Å². The van der Waals surface area contributed by atoms with Crippen LogP contribution in [-0.2, 0) is 13.1 Å². The standard InChI is InChI=1S/C23H24N4O5/c1-4-26-13-19-20(22(29)25(2)23(26)30)17-10-9-16(32-3)11-18(17)27(19)12-14-5-7-15(8-6-14)21(28)24-31/h5-11,31H,4,12-13H2,1-3H3,(H,24,28). The van der Waals surface area contributed by atoms with Gasteiger partial charge in [-0.15, -0.1) is 0 Å². The lowest BCUT2D eigenvalue weighted by Gasteiger charge is -2.23. The van der Waals surface area contributed by atoms with Gasteiger partial charge in [-0.1, -0.05) is 12.1 Å². The Morgan fingerprint density at radius 2 is 1.88 bits per heavy atom. The number of hydrogen-bond donors (Lipinski definition) is 2. The molecule has 2 N–H and O–H groups in total. The first kappa shape index (κ1) is 21.4. The third-order valence-electron chi connectivity index (χ3n) is 5.84. The molecule has 2 heterocycles. The first-order valence-electron chi connectivity index (χ1n) is 10.2. The number of fused-ring (bicyclic) bond motifs is 3. The molecule has 0 unspecified atom stereocenters. The molecule has 9 heteroatoms. The van der Waals surface area contributed by atoms with Crippen LogP contribution in [-0.4, -0.2) is 58.1 Å². The number of rotatable bonds is 5. The molecule has 0 aliphatic carbocycles. The van der Waals surface area contributed by atoms with E-state index in [0.717, 1.165) is 27.1 Å². The highest BCUT2D eigenvalue weighted by Gasteiger charge is 2.34. The average molecular weight is 436 g/mol. The van der Waals surface area contributed by atoms with E-state index in [0.29, 0.717) is 36.5 Å². The van der Waals surface area contributed by atoms with E-state index >= 15 is 0 Å². The Labute approximate surface area is 184 Å². The summed E-state index contributed by atoms with van der Waals surface area (Å²) in [4.78, 5) is 40.4. The molecule has 0 radical (unpaired) electrons. The van der Waals surface area contributed by atoms with Crippen molar-refractivity contribution in [1.29, 1.82) is 0 Å². The number of amides is 4. The van der Waals surface area contributed by atoms with Gasteiger partial charge in [0.1, 0.15) is 5.75 Å². The Balaban J connectivity index is 1.89. The van der Waals surface area contributed by atoms with Crippen LogP contribution in [0.3, 0.4) is 0 Å². The van der Waals surface area contributed by atoms with Gasteiger partial charge in [-0.25, -0.2) is 10.3 Å². The molecule has 4 amide bonds. The number of benzene rings is 2. The smallest absolute Gasteiger partial charge is 0.327 e. The van der Waals surface area contributed by atoms with Crippen LogP contribution in [0.4, 0.5) is 4.79 Å². The van der Waals surface area contributed by atoms with Gasteiger partial charge in [-0.2, -0.15) is 0 Å². The van der Waals surface area contributed by atoms with E-state index in [1.807, 2.05) is 23.6 Å². The number of carbonyl (C=O) groups is 3. The minimum Gasteiger partial charge on any atom is -0.497 e. The van der Waals surface area contributed by atoms with Crippen LogP contribution >= 0.6 is 0 Å². The Morgan fingerprint density at radius 3 is 2.50 bits per heavy atom. The first-order chi connectivity index (χ1) is 15.4. The zero-order valence-corrected chi connectivity index (χ0v) is 18.1. The van der Waals surface area contributed by atoms with Crippen molar-refractivity contribution < 1.29 is 24.3 Å². The fourth-order valence-electron chi connectivity index (χ4n) is 4.06. The quantitative estimate of drug-likeness (QED) is 0.473. The van der Waals surface area contributed by atoms with Crippen LogP contribution in [0, 0.1) is 0 Å². The highest BCUT2D eigenvalue weighted by molar-refractivity contribution is 6.14. The summed E-state index contributed by atoms with van der Waals surface area (Å²) in [6.45, 7) is 3.05. The molecule has 0 atom stereocenters. The number of carbonyl (C=O) groups excluding carboxylic acids is 3. The van der Waals surface area contributed by atoms with E-state index in [9.17, 15) is 14.4 Å². The maximum Gasteiger partial charge on any atom is 0.327 e. The number of nitrogens with one attached hydrogen (secondary N) is 1. The Morgan fingerprint density at radius 1 is 1.16 bits per heavy atom. The Hall–Kier alpha value is -3.85. The minimum absolute atomic E-state index is 0.294. The van der Waals surface area contributed by atoms with E-state index in [1.54, 1.807) is 47.8 Å². The summed E-state index contributed by atoms with van der Waals surface area (Å²) in [5.74, 6) is -0.275. The second kappa shape index (κ2) is 8.35. The molecule has 0 saturated heterocycles. The summed E-state index contributed by atoms with van der Waals surface area (Å²) in [7, 11) is 3.08. The molecule has 0 fully saturated rings. The maximum absolute atomic E-state index is 13.3. The van der Waals surface area contributed by atoms with Crippen LogP contribution in [0.25, 0.3) is 10.9 Å². The number of methoxy groups -OCH3 is 1. The van der Waals surface area contributed by atoms with Gasteiger partial charge >= 0.3 is 6.03 Å². The predicted octanol–water partition coefficient (Wildman–Crippen LogP) is 2.84. The zero-order chi connectivity index (χ0) is 23.0. The Bertz CT molecular complexity index is 1220. The van der Waals surface area contributed by atoms with Crippen LogP contribution in [0.1, 0.15) is 38.9 Å². The third kappa shape index (κ3) is 3.46. The number of nitrogens with zero attached hydrogens (tertiary/aromatic N) is 3. The average Bonchev–Trinajstić information content (AvgIpc) is 3.08. The van der Waals surface area contributed by atoms with E-state index in [4.69, 9.17) is 9.94 Å². The van der Waals surface area contributed by atoms with Crippen molar-refractivity contribution in [3.05, 3.63) is 64.8 Å². The number of ether oxygens (including phenoxy) is 1. The molecule has 1 aromatic heterocycles. The molecule has 2 aromatic carbocycles. The third-order valence-corrected chi connectivity index (χ3v) is 5.84. The summed E-state index contributed by atoms with van der Waals surface area (Å²) >= 11 is 0. The second-order valence-corrected chi connectivity index (χ2v) is 7.59. The van der Waals surface area contributed by atoms with Crippen LogP contribution in [0.5, 0.6) is 5.75 Å². The summed E-state index contributed by atoms with van der Waals surface area (Å²) in [6.07, 6.45) is 0. The van der Waals surface area contributed by atoms with Crippen molar-refractivity contribution in [2.45, 2.75) is 20.0 Å². The number of imide groups is 1.